The number of imidazole rings is 1. The number of nitrogens with zero attached hydrogens (tertiary/aromatic N) is 2. The van der Waals surface area contributed by atoms with Crippen LogP contribution in [0.5, 0.6) is 0 Å². The molecule has 2 aromatic heterocycles. The van der Waals surface area contributed by atoms with Gasteiger partial charge in [-0.3, -0.25) is 0 Å². The van der Waals surface area contributed by atoms with Crippen molar-refractivity contribution in [2.45, 2.75) is 47.2 Å². The summed E-state index contributed by atoms with van der Waals surface area (Å²) in [5.74, 6) is 0.984. The number of hydrogen-bond acceptors (Lipinski definition) is 3. The summed E-state index contributed by atoms with van der Waals surface area (Å²) in [6.07, 6.45) is 3.23. The highest BCUT2D eigenvalue weighted by Gasteiger charge is 2.06. The summed E-state index contributed by atoms with van der Waals surface area (Å²) < 4.78 is 2.20. The summed E-state index contributed by atoms with van der Waals surface area (Å²) in [4.78, 5) is 7.30. The Morgan fingerprint density at radius 3 is 2.72 bits per heavy atom. The van der Waals surface area contributed by atoms with E-state index in [1.54, 1.807) is 0 Å². The van der Waals surface area contributed by atoms with Crippen LogP contribution >= 0.6 is 11.3 Å². The Balaban J connectivity index is 2.05. The van der Waals surface area contributed by atoms with E-state index in [0.717, 1.165) is 31.2 Å². The molecule has 0 unspecified atom stereocenters. The van der Waals surface area contributed by atoms with Crippen LogP contribution in [0.1, 0.15) is 34.4 Å². The molecule has 3 nitrogen and oxygen atoms in total. The van der Waals surface area contributed by atoms with Gasteiger partial charge in [-0.05, 0) is 38.8 Å². The van der Waals surface area contributed by atoms with Gasteiger partial charge in [-0.1, -0.05) is 6.92 Å². The Morgan fingerprint density at radius 1 is 1.33 bits per heavy atom. The SMILES string of the molecule is CCCn1cc(C)nc1NCc1cc(C)c(C)s1. The first-order valence-electron chi connectivity index (χ1n) is 6.43. The summed E-state index contributed by atoms with van der Waals surface area (Å²) in [7, 11) is 0. The molecule has 0 saturated carbocycles. The zero-order valence-corrected chi connectivity index (χ0v) is 12.4. The molecule has 2 heterocycles. The molecule has 0 aliphatic heterocycles. The average Bonchev–Trinajstić information content (AvgIpc) is 2.81. The lowest BCUT2D eigenvalue weighted by Crippen LogP contribution is -2.06. The number of aryl methyl sites for hydroxylation is 4. The molecule has 0 aliphatic rings. The van der Waals surface area contributed by atoms with Crippen molar-refractivity contribution in [1.82, 2.24) is 9.55 Å². The van der Waals surface area contributed by atoms with Crippen LogP contribution in [0, 0.1) is 20.8 Å². The number of anilines is 1. The summed E-state index contributed by atoms with van der Waals surface area (Å²) in [6, 6.07) is 2.26. The van der Waals surface area contributed by atoms with Gasteiger partial charge in [-0.2, -0.15) is 0 Å². The zero-order valence-electron chi connectivity index (χ0n) is 11.6. The molecule has 0 fully saturated rings. The number of rotatable bonds is 5. The highest BCUT2D eigenvalue weighted by atomic mass is 32.1. The minimum atomic E-state index is 0.861. The van der Waals surface area contributed by atoms with Gasteiger partial charge in [-0.25, -0.2) is 4.98 Å². The van der Waals surface area contributed by atoms with E-state index in [4.69, 9.17) is 0 Å². The molecule has 2 aromatic rings. The van der Waals surface area contributed by atoms with E-state index in [1.807, 2.05) is 18.3 Å². The normalized spacial score (nSPS) is 10.9. The fraction of sp³-hybridized carbons (Fsp3) is 0.500. The highest BCUT2D eigenvalue weighted by Crippen LogP contribution is 2.21. The van der Waals surface area contributed by atoms with Gasteiger partial charge in [0.1, 0.15) is 0 Å². The lowest BCUT2D eigenvalue weighted by atomic mass is 10.3. The van der Waals surface area contributed by atoms with Crippen molar-refractivity contribution in [3.05, 3.63) is 33.3 Å². The predicted octanol–water partition coefficient (Wildman–Crippen LogP) is 3.89. The number of hydrogen-bond donors (Lipinski definition) is 1. The molecule has 2 rings (SSSR count). The molecular formula is C14H21N3S. The fourth-order valence-corrected chi connectivity index (χ4v) is 3.00. The van der Waals surface area contributed by atoms with Gasteiger partial charge in [0, 0.05) is 22.5 Å². The number of thiophene rings is 1. The molecule has 0 atom stereocenters. The molecule has 0 radical (unpaired) electrons. The van der Waals surface area contributed by atoms with Crippen LogP contribution in [0.15, 0.2) is 12.3 Å². The van der Waals surface area contributed by atoms with Crippen LogP contribution in [0.2, 0.25) is 0 Å². The van der Waals surface area contributed by atoms with E-state index in [1.165, 1.54) is 15.3 Å². The van der Waals surface area contributed by atoms with Crippen molar-refractivity contribution in [2.75, 3.05) is 5.32 Å². The number of nitrogens with one attached hydrogen (secondary N) is 1. The molecule has 0 bridgehead atoms. The molecule has 1 N–H and O–H groups in total. The van der Waals surface area contributed by atoms with Gasteiger partial charge < -0.3 is 9.88 Å². The molecule has 0 aromatic carbocycles. The van der Waals surface area contributed by atoms with E-state index < -0.39 is 0 Å². The van der Waals surface area contributed by atoms with Crippen LogP contribution in [0.25, 0.3) is 0 Å². The third-order valence-electron chi connectivity index (χ3n) is 3.00. The Kier molecular flexibility index (Phi) is 4.07. The first-order valence-corrected chi connectivity index (χ1v) is 7.25. The lowest BCUT2D eigenvalue weighted by Gasteiger charge is -2.07. The monoisotopic (exact) mass is 263 g/mol. The molecule has 0 amide bonds. The van der Waals surface area contributed by atoms with Crippen molar-refractivity contribution < 1.29 is 0 Å². The first-order chi connectivity index (χ1) is 8.60. The van der Waals surface area contributed by atoms with Crippen molar-refractivity contribution in [2.24, 2.45) is 0 Å². The van der Waals surface area contributed by atoms with E-state index in [-0.39, 0.29) is 0 Å². The van der Waals surface area contributed by atoms with Gasteiger partial charge >= 0.3 is 0 Å². The maximum atomic E-state index is 4.53. The molecular weight excluding hydrogens is 242 g/mol. The second-order valence-electron chi connectivity index (χ2n) is 4.70. The third-order valence-corrected chi connectivity index (χ3v) is 4.15. The van der Waals surface area contributed by atoms with Crippen molar-refractivity contribution >= 4 is 17.3 Å². The highest BCUT2D eigenvalue weighted by molar-refractivity contribution is 7.12. The summed E-state index contributed by atoms with van der Waals surface area (Å²) in [6.45, 7) is 10.4. The maximum Gasteiger partial charge on any atom is 0.203 e. The first kappa shape index (κ1) is 13.1. The van der Waals surface area contributed by atoms with Crippen molar-refractivity contribution in [3.63, 3.8) is 0 Å². The molecule has 0 saturated heterocycles. The van der Waals surface area contributed by atoms with Crippen LogP contribution in [-0.2, 0) is 13.1 Å². The third kappa shape index (κ3) is 2.93. The molecule has 18 heavy (non-hydrogen) atoms. The van der Waals surface area contributed by atoms with Gasteiger partial charge in [0.15, 0.2) is 0 Å². The largest absolute Gasteiger partial charge is 0.351 e. The molecule has 0 spiro atoms. The zero-order chi connectivity index (χ0) is 13.1. The predicted molar refractivity (Wildman–Crippen MR) is 78.4 cm³/mol. The minimum Gasteiger partial charge on any atom is -0.351 e. The average molecular weight is 263 g/mol. The van der Waals surface area contributed by atoms with Gasteiger partial charge in [0.2, 0.25) is 5.95 Å². The van der Waals surface area contributed by atoms with E-state index in [2.05, 4.69) is 47.9 Å². The van der Waals surface area contributed by atoms with E-state index in [0.29, 0.717) is 0 Å². The standard InChI is InChI=1S/C14H21N3S/c1-5-6-17-9-11(3)16-14(17)15-8-13-7-10(2)12(4)18-13/h7,9H,5-6,8H2,1-4H3,(H,15,16). The maximum absolute atomic E-state index is 4.53. The van der Waals surface area contributed by atoms with Gasteiger partial charge in [0.05, 0.1) is 12.2 Å². The fourth-order valence-electron chi connectivity index (χ4n) is 2.00. The van der Waals surface area contributed by atoms with Crippen molar-refractivity contribution in [3.8, 4) is 0 Å². The second kappa shape index (κ2) is 5.57. The van der Waals surface area contributed by atoms with Crippen LogP contribution in [0.4, 0.5) is 5.95 Å². The smallest absolute Gasteiger partial charge is 0.203 e. The van der Waals surface area contributed by atoms with Crippen LogP contribution in [-0.4, -0.2) is 9.55 Å². The van der Waals surface area contributed by atoms with Crippen molar-refractivity contribution in [1.29, 1.82) is 0 Å². The lowest BCUT2D eigenvalue weighted by molar-refractivity contribution is 0.682. The summed E-state index contributed by atoms with van der Waals surface area (Å²) in [5.41, 5.74) is 2.45. The minimum absolute atomic E-state index is 0.861. The molecule has 98 valence electrons. The summed E-state index contributed by atoms with van der Waals surface area (Å²) in [5, 5.41) is 3.44. The van der Waals surface area contributed by atoms with Gasteiger partial charge in [0.25, 0.3) is 0 Å². The van der Waals surface area contributed by atoms with Crippen LogP contribution in [0.3, 0.4) is 0 Å². The quantitative estimate of drug-likeness (QED) is 0.887. The molecule has 4 heteroatoms. The Labute approximate surface area is 113 Å². The van der Waals surface area contributed by atoms with E-state index >= 15 is 0 Å². The Hall–Kier alpha value is -1.29. The Bertz CT molecular complexity index is 506. The Morgan fingerprint density at radius 2 is 2.11 bits per heavy atom. The van der Waals surface area contributed by atoms with Gasteiger partial charge in [-0.15, -0.1) is 11.3 Å². The van der Waals surface area contributed by atoms with Crippen LogP contribution < -0.4 is 5.32 Å². The second-order valence-corrected chi connectivity index (χ2v) is 6.05. The van der Waals surface area contributed by atoms with E-state index in [9.17, 15) is 0 Å². The number of aromatic nitrogens is 2. The summed E-state index contributed by atoms with van der Waals surface area (Å²) >= 11 is 1.86. The molecule has 0 aliphatic carbocycles. The topological polar surface area (TPSA) is 29.9 Å².